The fourth-order valence-corrected chi connectivity index (χ4v) is 4.19. The standard InChI is InChI=1S/C23H18Cl3IN2O3/c1-2-31-21-10-14(12-28-29-23(30)17-5-3-4-6-18(17)25)9-20(27)22(21)32-13-15-7-8-16(24)11-19(15)26/h3-12H,2,13H2,1H3,(H,29,30)/b28-12-. The van der Waals surface area contributed by atoms with Crippen molar-refractivity contribution in [2.45, 2.75) is 13.5 Å². The Morgan fingerprint density at radius 3 is 2.56 bits per heavy atom. The van der Waals surface area contributed by atoms with Crippen LogP contribution in [0.1, 0.15) is 28.4 Å². The van der Waals surface area contributed by atoms with Crippen LogP contribution in [-0.2, 0) is 6.61 Å². The first kappa shape index (κ1) is 24.6. The molecule has 0 radical (unpaired) electrons. The Hall–Kier alpha value is -2.00. The maximum atomic E-state index is 12.2. The van der Waals surface area contributed by atoms with Crippen LogP contribution in [0.4, 0.5) is 0 Å². The highest BCUT2D eigenvalue weighted by atomic mass is 127. The molecule has 0 aliphatic rings. The quantitative estimate of drug-likeness (QED) is 0.172. The van der Waals surface area contributed by atoms with E-state index >= 15 is 0 Å². The van der Waals surface area contributed by atoms with Gasteiger partial charge >= 0.3 is 0 Å². The number of carbonyl (C=O) groups excluding carboxylic acids is 1. The van der Waals surface area contributed by atoms with Crippen molar-refractivity contribution in [1.29, 1.82) is 0 Å². The van der Waals surface area contributed by atoms with E-state index in [1.807, 2.05) is 19.1 Å². The Kier molecular flexibility index (Phi) is 9.04. The van der Waals surface area contributed by atoms with Gasteiger partial charge in [0.05, 0.1) is 27.0 Å². The first-order chi connectivity index (χ1) is 15.4. The third-order valence-electron chi connectivity index (χ3n) is 4.22. The van der Waals surface area contributed by atoms with Crippen molar-refractivity contribution in [2.75, 3.05) is 6.61 Å². The van der Waals surface area contributed by atoms with E-state index in [9.17, 15) is 4.79 Å². The highest BCUT2D eigenvalue weighted by molar-refractivity contribution is 14.1. The monoisotopic (exact) mass is 602 g/mol. The number of hydrazone groups is 1. The van der Waals surface area contributed by atoms with Gasteiger partial charge in [0.2, 0.25) is 0 Å². The summed E-state index contributed by atoms with van der Waals surface area (Å²) in [5.41, 5.74) is 4.36. The number of rotatable bonds is 8. The summed E-state index contributed by atoms with van der Waals surface area (Å²) in [4.78, 5) is 12.2. The van der Waals surface area contributed by atoms with Gasteiger partial charge in [0, 0.05) is 15.6 Å². The molecule has 0 aliphatic heterocycles. The molecule has 0 saturated carbocycles. The summed E-state index contributed by atoms with van der Waals surface area (Å²) in [6.07, 6.45) is 1.53. The number of carbonyl (C=O) groups is 1. The van der Waals surface area contributed by atoms with Gasteiger partial charge in [-0.15, -0.1) is 0 Å². The molecule has 166 valence electrons. The van der Waals surface area contributed by atoms with E-state index in [1.165, 1.54) is 6.21 Å². The van der Waals surface area contributed by atoms with Crippen LogP contribution >= 0.6 is 57.4 Å². The molecule has 0 heterocycles. The molecule has 0 unspecified atom stereocenters. The molecule has 3 aromatic rings. The average molecular weight is 604 g/mol. The van der Waals surface area contributed by atoms with Crippen molar-refractivity contribution in [3.05, 3.63) is 89.9 Å². The zero-order chi connectivity index (χ0) is 23.1. The largest absolute Gasteiger partial charge is 0.490 e. The normalized spacial score (nSPS) is 10.9. The van der Waals surface area contributed by atoms with Crippen molar-refractivity contribution in [3.8, 4) is 11.5 Å². The number of halogens is 4. The average Bonchev–Trinajstić information content (AvgIpc) is 2.75. The lowest BCUT2D eigenvalue weighted by Crippen LogP contribution is -2.18. The fraction of sp³-hybridized carbons (Fsp3) is 0.130. The minimum atomic E-state index is -0.397. The van der Waals surface area contributed by atoms with E-state index in [4.69, 9.17) is 44.3 Å². The number of nitrogens with zero attached hydrogens (tertiary/aromatic N) is 1. The van der Waals surface area contributed by atoms with Gasteiger partial charge in [0.25, 0.3) is 5.91 Å². The molecule has 0 atom stereocenters. The van der Waals surface area contributed by atoms with Crippen LogP contribution in [-0.4, -0.2) is 18.7 Å². The lowest BCUT2D eigenvalue weighted by atomic mass is 10.2. The minimum absolute atomic E-state index is 0.257. The van der Waals surface area contributed by atoms with Crippen LogP contribution < -0.4 is 14.9 Å². The predicted octanol–water partition coefficient (Wildman–Crippen LogP) is 6.99. The lowest BCUT2D eigenvalue weighted by Gasteiger charge is -2.15. The van der Waals surface area contributed by atoms with Crippen LogP contribution in [0.25, 0.3) is 0 Å². The van der Waals surface area contributed by atoms with Crippen LogP contribution in [0.2, 0.25) is 15.1 Å². The molecule has 0 saturated heterocycles. The SMILES string of the molecule is CCOc1cc(/C=N\NC(=O)c2ccccc2Cl)cc(I)c1OCc1ccc(Cl)cc1Cl. The summed E-state index contributed by atoms with van der Waals surface area (Å²) < 4.78 is 12.6. The van der Waals surface area contributed by atoms with Gasteiger partial charge in [0.15, 0.2) is 11.5 Å². The van der Waals surface area contributed by atoms with Gasteiger partial charge in [0.1, 0.15) is 6.61 Å². The number of amides is 1. The van der Waals surface area contributed by atoms with E-state index < -0.39 is 5.91 Å². The molecule has 1 N–H and O–H groups in total. The van der Waals surface area contributed by atoms with E-state index in [1.54, 1.807) is 42.5 Å². The molecule has 5 nitrogen and oxygen atoms in total. The van der Waals surface area contributed by atoms with E-state index in [-0.39, 0.29) is 6.61 Å². The second-order valence-corrected chi connectivity index (χ2v) is 8.88. The van der Waals surface area contributed by atoms with Gasteiger partial charge < -0.3 is 9.47 Å². The van der Waals surface area contributed by atoms with E-state index in [0.717, 1.165) is 14.7 Å². The molecule has 3 aromatic carbocycles. The number of ether oxygens (including phenoxy) is 2. The van der Waals surface area contributed by atoms with Gasteiger partial charge in [-0.1, -0.05) is 53.0 Å². The van der Waals surface area contributed by atoms with Gasteiger partial charge in [-0.25, -0.2) is 5.43 Å². The van der Waals surface area contributed by atoms with Crippen molar-refractivity contribution >= 4 is 69.5 Å². The number of benzene rings is 3. The zero-order valence-corrected chi connectivity index (χ0v) is 21.3. The van der Waals surface area contributed by atoms with Crippen molar-refractivity contribution in [3.63, 3.8) is 0 Å². The summed E-state index contributed by atoms with van der Waals surface area (Å²) in [6.45, 7) is 2.60. The highest BCUT2D eigenvalue weighted by Crippen LogP contribution is 2.35. The molecule has 0 fully saturated rings. The zero-order valence-electron chi connectivity index (χ0n) is 16.9. The highest BCUT2D eigenvalue weighted by Gasteiger charge is 2.14. The third-order valence-corrected chi connectivity index (χ3v) is 5.93. The van der Waals surface area contributed by atoms with Crippen LogP contribution in [0, 0.1) is 3.57 Å². The Labute approximate surface area is 214 Å². The molecule has 0 spiro atoms. The summed E-state index contributed by atoms with van der Waals surface area (Å²) >= 11 is 20.4. The van der Waals surface area contributed by atoms with Gasteiger partial charge in [-0.05, 0) is 71.5 Å². The van der Waals surface area contributed by atoms with Crippen LogP contribution in [0.5, 0.6) is 11.5 Å². The maximum Gasteiger partial charge on any atom is 0.272 e. The summed E-state index contributed by atoms with van der Waals surface area (Å²) in [7, 11) is 0. The smallest absolute Gasteiger partial charge is 0.272 e. The molecule has 0 aliphatic carbocycles. The van der Waals surface area contributed by atoms with Crippen LogP contribution in [0.15, 0.2) is 59.7 Å². The minimum Gasteiger partial charge on any atom is -0.490 e. The third kappa shape index (κ3) is 6.51. The number of hydrogen-bond acceptors (Lipinski definition) is 4. The first-order valence-corrected chi connectivity index (χ1v) is 11.7. The maximum absolute atomic E-state index is 12.2. The van der Waals surface area contributed by atoms with E-state index in [2.05, 4.69) is 33.1 Å². The van der Waals surface area contributed by atoms with Crippen molar-refractivity contribution in [2.24, 2.45) is 5.10 Å². The molecule has 3 rings (SSSR count). The number of hydrogen-bond donors (Lipinski definition) is 1. The second-order valence-electron chi connectivity index (χ2n) is 6.47. The topological polar surface area (TPSA) is 59.9 Å². The van der Waals surface area contributed by atoms with E-state index in [0.29, 0.717) is 38.7 Å². The predicted molar refractivity (Wildman–Crippen MR) is 138 cm³/mol. The molecule has 9 heteroatoms. The Balaban J connectivity index is 1.75. The summed E-state index contributed by atoms with van der Waals surface area (Å²) in [5, 5.41) is 5.48. The number of nitrogens with one attached hydrogen (secondary N) is 1. The second kappa shape index (κ2) is 11.7. The first-order valence-electron chi connectivity index (χ1n) is 9.50. The van der Waals surface area contributed by atoms with Crippen molar-refractivity contribution in [1.82, 2.24) is 5.43 Å². The van der Waals surface area contributed by atoms with Gasteiger partial charge in [-0.3, -0.25) is 4.79 Å². The molecule has 0 aromatic heterocycles. The van der Waals surface area contributed by atoms with Crippen LogP contribution in [0.3, 0.4) is 0 Å². The van der Waals surface area contributed by atoms with Crippen molar-refractivity contribution < 1.29 is 14.3 Å². The molecular weight excluding hydrogens is 586 g/mol. The lowest BCUT2D eigenvalue weighted by molar-refractivity contribution is 0.0955. The molecular formula is C23H18Cl3IN2O3. The van der Waals surface area contributed by atoms with Gasteiger partial charge in [-0.2, -0.15) is 5.10 Å². The Morgan fingerprint density at radius 2 is 1.84 bits per heavy atom. The summed E-state index contributed by atoms with van der Waals surface area (Å²) in [5.74, 6) is 0.755. The molecule has 32 heavy (non-hydrogen) atoms. The molecule has 1 amide bonds. The Morgan fingerprint density at radius 1 is 1.06 bits per heavy atom. The fourth-order valence-electron chi connectivity index (χ4n) is 2.73. The Bertz CT molecular complexity index is 1160. The molecule has 0 bridgehead atoms. The summed E-state index contributed by atoms with van der Waals surface area (Å²) in [6, 6.07) is 15.7.